The van der Waals surface area contributed by atoms with Gasteiger partial charge in [-0.1, -0.05) is 0 Å². The third-order valence-corrected chi connectivity index (χ3v) is 5.46. The summed E-state index contributed by atoms with van der Waals surface area (Å²) in [6.07, 6.45) is 2.90. The first kappa shape index (κ1) is 17.7. The number of carbonyl (C=O) groups is 1. The lowest BCUT2D eigenvalue weighted by Crippen LogP contribution is -2.34. The maximum atomic E-state index is 12.5. The maximum absolute atomic E-state index is 12.5. The lowest BCUT2D eigenvalue weighted by Gasteiger charge is -2.24. The Kier molecular flexibility index (Phi) is 4.42. The average Bonchev–Trinajstić information content (AvgIpc) is 3.36. The van der Waals surface area contributed by atoms with E-state index in [-0.39, 0.29) is 25.3 Å². The molecule has 0 radical (unpaired) electrons. The topological polar surface area (TPSA) is 81.8 Å². The highest BCUT2D eigenvalue weighted by atomic mass is 16.7. The van der Waals surface area contributed by atoms with Gasteiger partial charge in [0, 0.05) is 22.7 Å². The largest absolute Gasteiger partial charge is 0.497 e. The van der Waals surface area contributed by atoms with Gasteiger partial charge in [-0.25, -0.2) is 0 Å². The second-order valence-electron chi connectivity index (χ2n) is 7.24. The molecule has 0 fully saturated rings. The summed E-state index contributed by atoms with van der Waals surface area (Å²) >= 11 is 0. The van der Waals surface area contributed by atoms with Crippen LogP contribution >= 0.6 is 0 Å². The van der Waals surface area contributed by atoms with Gasteiger partial charge in [-0.3, -0.25) is 4.79 Å². The van der Waals surface area contributed by atoms with Crippen LogP contribution in [0.25, 0.3) is 10.9 Å². The highest BCUT2D eigenvalue weighted by molar-refractivity contribution is 5.87. The summed E-state index contributed by atoms with van der Waals surface area (Å²) in [4.78, 5) is 16.0. The molecular weight excluding hydrogens is 372 g/mol. The molecule has 1 aromatic heterocycles. The Hall–Kier alpha value is -3.35. The van der Waals surface area contributed by atoms with Crippen LogP contribution in [-0.4, -0.2) is 31.4 Å². The average molecular weight is 394 g/mol. The molecular formula is C22H22N2O5. The van der Waals surface area contributed by atoms with Crippen molar-refractivity contribution in [2.75, 3.05) is 20.5 Å². The van der Waals surface area contributed by atoms with Crippen LogP contribution in [0.1, 0.15) is 30.1 Å². The van der Waals surface area contributed by atoms with Crippen LogP contribution in [0.5, 0.6) is 23.0 Å². The monoisotopic (exact) mass is 394 g/mol. The summed E-state index contributed by atoms with van der Waals surface area (Å²) in [6, 6.07) is 11.2. The number of carbonyl (C=O) groups excluding carboxylic acids is 1. The standard InChI is InChI=1S/C22H22N2O5/c1-26-13-5-7-17-16(9-13)15-3-2-4-18(22(15)24-17)23-21(25)11-27-14-6-8-19-20(10-14)29-12-28-19/h5-10,18,24H,2-4,11-12H2,1H3,(H,23,25)/t18-/m0/s1. The van der Waals surface area contributed by atoms with Gasteiger partial charge >= 0.3 is 0 Å². The second-order valence-corrected chi connectivity index (χ2v) is 7.24. The fourth-order valence-corrected chi connectivity index (χ4v) is 4.06. The lowest BCUT2D eigenvalue weighted by molar-refractivity contribution is -0.124. The Morgan fingerprint density at radius 2 is 2.03 bits per heavy atom. The molecule has 1 aliphatic heterocycles. The summed E-state index contributed by atoms with van der Waals surface area (Å²) < 4.78 is 21.6. The summed E-state index contributed by atoms with van der Waals surface area (Å²) in [7, 11) is 1.67. The van der Waals surface area contributed by atoms with E-state index in [4.69, 9.17) is 18.9 Å². The molecule has 2 heterocycles. The zero-order valence-corrected chi connectivity index (χ0v) is 16.1. The van der Waals surface area contributed by atoms with Crippen LogP contribution in [0.4, 0.5) is 0 Å². The minimum atomic E-state index is -0.156. The third-order valence-electron chi connectivity index (χ3n) is 5.46. The maximum Gasteiger partial charge on any atom is 0.258 e. The number of fused-ring (bicyclic) bond motifs is 4. The number of methoxy groups -OCH3 is 1. The number of hydrogen-bond donors (Lipinski definition) is 2. The van der Waals surface area contributed by atoms with Gasteiger partial charge in [0.25, 0.3) is 5.91 Å². The number of benzene rings is 2. The molecule has 1 atom stereocenters. The van der Waals surface area contributed by atoms with E-state index in [2.05, 4.69) is 16.4 Å². The Balaban J connectivity index is 1.28. The van der Waals surface area contributed by atoms with E-state index >= 15 is 0 Å². The van der Waals surface area contributed by atoms with Crippen LogP contribution < -0.4 is 24.3 Å². The number of aryl methyl sites for hydroxylation is 1. The van der Waals surface area contributed by atoms with Gasteiger partial charge in [0.1, 0.15) is 11.5 Å². The van der Waals surface area contributed by atoms with Crippen LogP contribution in [-0.2, 0) is 11.2 Å². The fourth-order valence-electron chi connectivity index (χ4n) is 4.06. The number of amides is 1. The van der Waals surface area contributed by atoms with Crippen LogP contribution in [0.3, 0.4) is 0 Å². The molecule has 1 amide bonds. The number of aromatic nitrogens is 1. The molecule has 2 N–H and O–H groups in total. The molecule has 2 aromatic carbocycles. The van der Waals surface area contributed by atoms with Gasteiger partial charge in [0.05, 0.1) is 13.2 Å². The Morgan fingerprint density at radius 3 is 2.93 bits per heavy atom. The third kappa shape index (κ3) is 3.33. The van der Waals surface area contributed by atoms with E-state index < -0.39 is 0 Å². The van der Waals surface area contributed by atoms with Crippen molar-refractivity contribution in [1.29, 1.82) is 0 Å². The summed E-state index contributed by atoms with van der Waals surface area (Å²) in [5, 5.41) is 4.27. The van der Waals surface area contributed by atoms with Crippen molar-refractivity contribution in [3.05, 3.63) is 47.7 Å². The number of hydrogen-bond acceptors (Lipinski definition) is 5. The van der Waals surface area contributed by atoms with E-state index in [1.165, 1.54) is 5.56 Å². The van der Waals surface area contributed by atoms with Gasteiger partial charge < -0.3 is 29.2 Å². The van der Waals surface area contributed by atoms with E-state index in [0.717, 1.165) is 41.6 Å². The zero-order chi connectivity index (χ0) is 19.8. The van der Waals surface area contributed by atoms with E-state index in [9.17, 15) is 4.79 Å². The fraction of sp³-hybridized carbons (Fsp3) is 0.318. The van der Waals surface area contributed by atoms with Gasteiger partial charge in [-0.2, -0.15) is 0 Å². The van der Waals surface area contributed by atoms with Crippen molar-refractivity contribution in [3.8, 4) is 23.0 Å². The van der Waals surface area contributed by atoms with Crippen molar-refractivity contribution in [2.45, 2.75) is 25.3 Å². The van der Waals surface area contributed by atoms with E-state index in [1.807, 2.05) is 12.1 Å². The molecule has 0 spiro atoms. The Morgan fingerprint density at radius 1 is 1.17 bits per heavy atom. The van der Waals surface area contributed by atoms with Crippen LogP contribution in [0.2, 0.25) is 0 Å². The van der Waals surface area contributed by atoms with E-state index in [0.29, 0.717) is 17.2 Å². The van der Waals surface area contributed by atoms with Crippen molar-refractivity contribution >= 4 is 16.8 Å². The molecule has 7 heteroatoms. The Labute approximate surface area is 167 Å². The lowest BCUT2D eigenvalue weighted by atomic mass is 9.91. The predicted molar refractivity (Wildman–Crippen MR) is 107 cm³/mol. The van der Waals surface area contributed by atoms with Crippen LogP contribution in [0, 0.1) is 0 Å². The van der Waals surface area contributed by atoms with Gasteiger partial charge in [-0.05, 0) is 55.2 Å². The minimum Gasteiger partial charge on any atom is -0.497 e. The van der Waals surface area contributed by atoms with Gasteiger partial charge in [0.15, 0.2) is 18.1 Å². The first-order chi connectivity index (χ1) is 14.2. The van der Waals surface area contributed by atoms with Gasteiger partial charge in [0.2, 0.25) is 6.79 Å². The summed E-state index contributed by atoms with van der Waals surface area (Å²) in [5.41, 5.74) is 3.40. The number of ether oxygens (including phenoxy) is 4. The molecule has 0 bridgehead atoms. The van der Waals surface area contributed by atoms with Crippen molar-refractivity contribution in [1.82, 2.24) is 10.3 Å². The zero-order valence-electron chi connectivity index (χ0n) is 16.1. The SMILES string of the molecule is COc1ccc2[nH]c3c(c2c1)CCC[C@@H]3NC(=O)COc1ccc2c(c1)OCO2. The number of H-pyrrole nitrogens is 1. The van der Waals surface area contributed by atoms with Crippen molar-refractivity contribution in [3.63, 3.8) is 0 Å². The molecule has 1 aliphatic carbocycles. The number of rotatable bonds is 5. The first-order valence-corrected chi connectivity index (χ1v) is 9.71. The highest BCUT2D eigenvalue weighted by Gasteiger charge is 2.26. The molecule has 2 aliphatic rings. The first-order valence-electron chi connectivity index (χ1n) is 9.71. The van der Waals surface area contributed by atoms with Crippen molar-refractivity contribution < 1.29 is 23.7 Å². The van der Waals surface area contributed by atoms with Gasteiger partial charge in [-0.15, -0.1) is 0 Å². The summed E-state index contributed by atoms with van der Waals surface area (Å²) in [5.74, 6) is 2.58. The number of nitrogens with one attached hydrogen (secondary N) is 2. The van der Waals surface area contributed by atoms with Crippen LogP contribution in [0.15, 0.2) is 36.4 Å². The molecule has 150 valence electrons. The normalized spacial score (nSPS) is 17.1. The highest BCUT2D eigenvalue weighted by Crippen LogP contribution is 2.37. The molecule has 3 aromatic rings. The second kappa shape index (κ2) is 7.24. The van der Waals surface area contributed by atoms with E-state index in [1.54, 1.807) is 25.3 Å². The molecule has 5 rings (SSSR count). The minimum absolute atomic E-state index is 0.0509. The van der Waals surface area contributed by atoms with Crippen molar-refractivity contribution in [2.24, 2.45) is 0 Å². The molecule has 7 nitrogen and oxygen atoms in total. The molecule has 0 unspecified atom stereocenters. The molecule has 0 saturated heterocycles. The quantitative estimate of drug-likeness (QED) is 0.692. The molecule has 0 saturated carbocycles. The predicted octanol–water partition coefficient (Wildman–Crippen LogP) is 3.48. The summed E-state index contributed by atoms with van der Waals surface area (Å²) in [6.45, 7) is 0.152. The molecule has 29 heavy (non-hydrogen) atoms. The Bertz CT molecular complexity index is 1070. The smallest absolute Gasteiger partial charge is 0.258 e. The number of aromatic amines is 1.